The van der Waals surface area contributed by atoms with Crippen LogP contribution in [0.4, 0.5) is 5.69 Å². The number of halogens is 1. The van der Waals surface area contributed by atoms with Crippen molar-refractivity contribution >= 4 is 23.2 Å². The number of rotatable bonds is 6. The molecular formula is C20H25ClN4O2. The molecule has 0 spiro atoms. The lowest BCUT2D eigenvalue weighted by Crippen LogP contribution is -2.44. The molecule has 27 heavy (non-hydrogen) atoms. The Kier molecular flexibility index (Phi) is 6.50. The van der Waals surface area contributed by atoms with Gasteiger partial charge >= 0.3 is 0 Å². The van der Waals surface area contributed by atoms with Crippen molar-refractivity contribution in [3.05, 3.63) is 51.9 Å². The molecule has 1 fully saturated rings. The largest absolute Gasteiger partial charge is 0.368 e. The zero-order valence-corrected chi connectivity index (χ0v) is 16.3. The molecule has 1 aromatic carbocycles. The fourth-order valence-corrected chi connectivity index (χ4v) is 3.59. The third kappa shape index (κ3) is 4.50. The van der Waals surface area contributed by atoms with Gasteiger partial charge in [-0.2, -0.15) is 9.78 Å². The minimum Gasteiger partial charge on any atom is -0.368 e. The van der Waals surface area contributed by atoms with E-state index in [4.69, 9.17) is 11.6 Å². The van der Waals surface area contributed by atoms with Crippen LogP contribution in [-0.4, -0.2) is 35.3 Å². The molecule has 0 bridgehead atoms. The molecular weight excluding hydrogens is 364 g/mol. The first-order valence-electron chi connectivity index (χ1n) is 9.47. The second-order valence-corrected chi connectivity index (χ2v) is 7.20. The Morgan fingerprint density at radius 1 is 1.33 bits per heavy atom. The molecule has 0 radical (unpaired) electrons. The molecule has 1 amide bonds. The smallest absolute Gasteiger partial charge is 0.292 e. The number of hydrogen-bond acceptors (Lipinski definition) is 4. The molecule has 3 rings (SSSR count). The molecule has 0 aliphatic carbocycles. The quantitative estimate of drug-likeness (QED) is 0.772. The summed E-state index contributed by atoms with van der Waals surface area (Å²) >= 11 is 6.40. The summed E-state index contributed by atoms with van der Waals surface area (Å²) in [4.78, 5) is 27.1. The predicted octanol–water partition coefficient (Wildman–Crippen LogP) is 3.02. The summed E-state index contributed by atoms with van der Waals surface area (Å²) in [6.45, 7) is 4.12. The number of carbonyl (C=O) groups excluding carboxylic acids is 1. The highest BCUT2D eigenvalue weighted by molar-refractivity contribution is 6.33. The molecule has 2 aromatic rings. The van der Waals surface area contributed by atoms with Crippen molar-refractivity contribution in [1.29, 1.82) is 0 Å². The van der Waals surface area contributed by atoms with Crippen molar-refractivity contribution in [1.82, 2.24) is 15.1 Å². The first kappa shape index (κ1) is 19.4. The van der Waals surface area contributed by atoms with E-state index in [1.54, 1.807) is 6.20 Å². The summed E-state index contributed by atoms with van der Waals surface area (Å²) in [5, 5.41) is 7.43. The van der Waals surface area contributed by atoms with Gasteiger partial charge in [0.15, 0.2) is 0 Å². The van der Waals surface area contributed by atoms with Crippen LogP contribution in [0.25, 0.3) is 5.69 Å². The Balaban J connectivity index is 1.77. The monoisotopic (exact) mass is 388 g/mol. The molecule has 1 aromatic heterocycles. The van der Waals surface area contributed by atoms with Crippen LogP contribution in [0.15, 0.2) is 41.3 Å². The van der Waals surface area contributed by atoms with Gasteiger partial charge in [0.25, 0.3) is 5.56 Å². The van der Waals surface area contributed by atoms with Gasteiger partial charge in [0.2, 0.25) is 5.91 Å². The number of benzene rings is 1. The number of piperidine rings is 1. The molecule has 144 valence electrons. The van der Waals surface area contributed by atoms with Crippen LogP contribution in [0.5, 0.6) is 0 Å². The third-order valence-electron chi connectivity index (χ3n) is 4.86. The van der Waals surface area contributed by atoms with E-state index in [0.717, 1.165) is 32.2 Å². The Labute approximate surface area is 164 Å². The van der Waals surface area contributed by atoms with Crippen LogP contribution in [0.3, 0.4) is 0 Å². The first-order chi connectivity index (χ1) is 13.1. The second kappa shape index (κ2) is 9.04. The minimum atomic E-state index is -0.352. The van der Waals surface area contributed by atoms with Gasteiger partial charge in [0, 0.05) is 19.6 Å². The van der Waals surface area contributed by atoms with Crippen LogP contribution >= 0.6 is 11.6 Å². The Bertz CT molecular complexity index is 838. The van der Waals surface area contributed by atoms with Crippen LogP contribution in [0.2, 0.25) is 5.02 Å². The molecule has 6 nitrogen and oxygen atoms in total. The summed E-state index contributed by atoms with van der Waals surface area (Å²) in [5.41, 5.74) is 0.914. The lowest BCUT2D eigenvalue weighted by atomic mass is 9.96. The number of aromatic nitrogens is 2. The lowest BCUT2D eigenvalue weighted by Gasteiger charge is -2.33. The van der Waals surface area contributed by atoms with E-state index in [1.807, 2.05) is 35.2 Å². The summed E-state index contributed by atoms with van der Waals surface area (Å²) in [5.74, 6) is -0.0157. The highest BCUT2D eigenvalue weighted by atomic mass is 35.5. The van der Waals surface area contributed by atoms with E-state index < -0.39 is 0 Å². The Hall–Kier alpha value is -2.34. The number of amides is 1. The number of unbranched alkanes of at least 4 members (excludes halogenated alkanes) is 1. The molecule has 1 atom stereocenters. The molecule has 2 heterocycles. The average Bonchev–Trinajstić information content (AvgIpc) is 2.71. The van der Waals surface area contributed by atoms with Crippen LogP contribution < -0.4 is 15.8 Å². The van der Waals surface area contributed by atoms with E-state index in [9.17, 15) is 9.59 Å². The van der Waals surface area contributed by atoms with Gasteiger partial charge in [-0.3, -0.25) is 9.59 Å². The van der Waals surface area contributed by atoms with Gasteiger partial charge in [0.1, 0.15) is 5.02 Å². The van der Waals surface area contributed by atoms with Crippen LogP contribution in [0.1, 0.15) is 32.6 Å². The SMILES string of the molecule is CCCCNC(=O)C1CCCN(c2cnn(-c3ccccc3)c(=O)c2Cl)C1. The Morgan fingerprint density at radius 2 is 2.11 bits per heavy atom. The average molecular weight is 389 g/mol. The number of nitrogens with one attached hydrogen (secondary N) is 1. The van der Waals surface area contributed by atoms with E-state index in [1.165, 1.54) is 4.68 Å². The topological polar surface area (TPSA) is 67.2 Å². The van der Waals surface area contributed by atoms with E-state index in [0.29, 0.717) is 24.5 Å². The van der Waals surface area contributed by atoms with Crippen molar-refractivity contribution in [2.75, 3.05) is 24.5 Å². The zero-order valence-electron chi connectivity index (χ0n) is 15.5. The van der Waals surface area contributed by atoms with Crippen molar-refractivity contribution in [3.63, 3.8) is 0 Å². The van der Waals surface area contributed by atoms with Gasteiger partial charge in [-0.15, -0.1) is 0 Å². The molecule has 7 heteroatoms. The molecule has 1 N–H and O–H groups in total. The van der Waals surface area contributed by atoms with Crippen LogP contribution in [-0.2, 0) is 4.79 Å². The minimum absolute atomic E-state index is 0.0786. The van der Waals surface area contributed by atoms with E-state index in [2.05, 4.69) is 17.3 Å². The van der Waals surface area contributed by atoms with Crippen molar-refractivity contribution in [2.45, 2.75) is 32.6 Å². The van der Waals surface area contributed by atoms with E-state index in [-0.39, 0.29) is 22.4 Å². The van der Waals surface area contributed by atoms with Gasteiger partial charge in [-0.25, -0.2) is 0 Å². The van der Waals surface area contributed by atoms with Gasteiger partial charge in [0.05, 0.1) is 23.5 Å². The van der Waals surface area contributed by atoms with Gasteiger partial charge < -0.3 is 10.2 Å². The molecule has 0 saturated carbocycles. The fraction of sp³-hybridized carbons (Fsp3) is 0.450. The molecule has 1 aliphatic rings. The maximum atomic E-state index is 12.7. The van der Waals surface area contributed by atoms with Crippen molar-refractivity contribution in [2.24, 2.45) is 5.92 Å². The Morgan fingerprint density at radius 3 is 2.85 bits per heavy atom. The maximum absolute atomic E-state index is 12.7. The standard InChI is InChI=1S/C20H25ClN4O2/c1-2-3-11-22-19(26)15-8-7-12-24(14-15)17-13-23-25(20(27)18(17)21)16-9-5-4-6-10-16/h4-6,9-10,13,15H,2-3,7-8,11-12,14H2,1H3,(H,22,26). The fourth-order valence-electron chi connectivity index (χ4n) is 3.34. The predicted molar refractivity (Wildman–Crippen MR) is 108 cm³/mol. The van der Waals surface area contributed by atoms with Crippen molar-refractivity contribution < 1.29 is 4.79 Å². The van der Waals surface area contributed by atoms with Gasteiger partial charge in [-0.1, -0.05) is 43.1 Å². The van der Waals surface area contributed by atoms with Gasteiger partial charge in [-0.05, 0) is 31.4 Å². The zero-order chi connectivity index (χ0) is 19.2. The summed E-state index contributed by atoms with van der Waals surface area (Å²) < 4.78 is 1.30. The number of hydrogen-bond donors (Lipinski definition) is 1. The van der Waals surface area contributed by atoms with E-state index >= 15 is 0 Å². The molecule has 1 unspecified atom stereocenters. The number of nitrogens with zero attached hydrogens (tertiary/aromatic N) is 3. The summed E-state index contributed by atoms with van der Waals surface area (Å²) in [7, 11) is 0. The van der Waals surface area contributed by atoms with Crippen LogP contribution in [0, 0.1) is 5.92 Å². The lowest BCUT2D eigenvalue weighted by molar-refractivity contribution is -0.125. The highest BCUT2D eigenvalue weighted by Gasteiger charge is 2.27. The normalized spacial score (nSPS) is 17.0. The highest BCUT2D eigenvalue weighted by Crippen LogP contribution is 2.27. The maximum Gasteiger partial charge on any atom is 0.292 e. The first-order valence-corrected chi connectivity index (χ1v) is 9.85. The third-order valence-corrected chi connectivity index (χ3v) is 5.22. The molecule has 1 saturated heterocycles. The van der Waals surface area contributed by atoms with Crippen molar-refractivity contribution in [3.8, 4) is 5.69 Å². The number of carbonyl (C=O) groups is 1. The number of anilines is 1. The second-order valence-electron chi connectivity index (χ2n) is 6.83. The molecule has 1 aliphatic heterocycles. The summed E-state index contributed by atoms with van der Waals surface area (Å²) in [6.07, 6.45) is 5.38. The number of para-hydroxylation sites is 1. The summed E-state index contributed by atoms with van der Waals surface area (Å²) in [6, 6.07) is 9.18.